The summed E-state index contributed by atoms with van der Waals surface area (Å²) in [5.74, 6) is 0. The van der Waals surface area contributed by atoms with Crippen molar-refractivity contribution < 1.29 is 13.2 Å². The van der Waals surface area contributed by atoms with Gasteiger partial charge in [-0.1, -0.05) is 11.6 Å². The molecule has 0 heterocycles. The minimum absolute atomic E-state index is 0.636. The van der Waals surface area contributed by atoms with Crippen molar-refractivity contribution in [3.63, 3.8) is 0 Å². The number of halogens is 6. The second kappa shape index (κ2) is 2.65. The molecule has 8 heavy (non-hydrogen) atoms. The van der Waals surface area contributed by atoms with Crippen molar-refractivity contribution in [2.45, 2.75) is 7.06 Å². The van der Waals surface area contributed by atoms with Crippen LogP contribution in [0.5, 0.6) is 0 Å². The van der Waals surface area contributed by atoms with Crippen LogP contribution in [-0.2, 0) is 0 Å². The van der Waals surface area contributed by atoms with Crippen molar-refractivity contribution >= 4 is 56.8 Å². The number of alkyl halides is 6. The third-order valence-electron chi connectivity index (χ3n) is 0.321. The van der Waals surface area contributed by atoms with Gasteiger partial charge in [0.1, 0.15) is 0 Å². The fourth-order valence-electron chi connectivity index (χ4n) is 0. The van der Waals surface area contributed by atoms with Crippen LogP contribution in [-0.4, -0.2) is 7.06 Å². The Hall–Kier alpha value is 1.54. The maximum absolute atomic E-state index is 11.9. The summed E-state index contributed by atoms with van der Waals surface area (Å²) in [5, 5.41) is 0. The number of rotatable bonds is 1. The van der Waals surface area contributed by atoms with Crippen LogP contribution in [0.15, 0.2) is 0 Å². The highest BCUT2D eigenvalue weighted by molar-refractivity contribution is 14.1. The summed E-state index contributed by atoms with van der Waals surface area (Å²) in [6.07, 6.45) is 0. The Morgan fingerprint density at radius 2 is 1.25 bits per heavy atom. The monoisotopic (exact) mass is 370 g/mol. The van der Waals surface area contributed by atoms with Gasteiger partial charge in [0.05, 0.1) is 0 Å². The van der Waals surface area contributed by atoms with E-state index in [4.69, 9.17) is 0 Å². The van der Waals surface area contributed by atoms with Crippen LogP contribution >= 0.6 is 56.8 Å². The van der Waals surface area contributed by atoms with Gasteiger partial charge in [0.25, 0.3) is 0 Å². The zero-order valence-corrected chi connectivity index (χ0v) is 8.34. The van der Waals surface area contributed by atoms with E-state index in [0.717, 1.165) is 22.6 Å². The van der Waals surface area contributed by atoms with Crippen molar-refractivity contribution in [3.8, 4) is 0 Å². The van der Waals surface area contributed by atoms with Gasteiger partial charge in [0.2, 0.25) is 0 Å². The van der Waals surface area contributed by atoms with Gasteiger partial charge >= 0.3 is 7.06 Å². The molecule has 0 aromatic rings. The highest BCUT2D eigenvalue weighted by Crippen LogP contribution is 2.46. The van der Waals surface area contributed by atoms with Gasteiger partial charge in [-0.2, -0.15) is 8.78 Å². The van der Waals surface area contributed by atoms with E-state index in [2.05, 4.69) is 11.6 Å². The molecule has 0 bridgehead atoms. The lowest BCUT2D eigenvalue weighted by Gasteiger charge is -2.15. The molecule has 0 spiro atoms. The maximum atomic E-state index is 11.9. The predicted octanol–water partition coefficient (Wildman–Crippen LogP) is 3.31. The lowest BCUT2D eigenvalue weighted by atomic mass is 10.8. The van der Waals surface area contributed by atoms with Crippen LogP contribution in [0.4, 0.5) is 13.2 Å². The standard InChI is InChI=1S/C2ClF3I2/c3-1(4,7)2(5,6)8. The lowest BCUT2D eigenvalue weighted by molar-refractivity contribution is 0.0641. The highest BCUT2D eigenvalue weighted by atomic mass is 127. The van der Waals surface area contributed by atoms with E-state index in [-0.39, 0.29) is 0 Å². The van der Waals surface area contributed by atoms with Gasteiger partial charge in [-0.25, -0.2) is 4.39 Å². The molecule has 1 unspecified atom stereocenters. The average Bonchev–Trinajstić information content (AvgIpc) is 1.25. The summed E-state index contributed by atoms with van der Waals surface area (Å²) in [5.41, 5.74) is 0. The predicted molar refractivity (Wildman–Crippen MR) is 42.7 cm³/mol. The molecule has 0 saturated heterocycles. The highest BCUT2D eigenvalue weighted by Gasteiger charge is 2.49. The molecule has 0 amide bonds. The molecular formula is C2ClF3I2. The van der Waals surface area contributed by atoms with Crippen LogP contribution in [0, 0.1) is 0 Å². The molecule has 6 heteroatoms. The summed E-state index contributed by atoms with van der Waals surface area (Å²) in [6, 6.07) is 0. The van der Waals surface area contributed by atoms with Crippen LogP contribution in [0.1, 0.15) is 0 Å². The quantitative estimate of drug-likeness (QED) is 0.491. The molecule has 0 radical (unpaired) electrons. The third-order valence-corrected chi connectivity index (χ3v) is 3.33. The first-order chi connectivity index (χ1) is 3.25. The third kappa shape index (κ3) is 2.90. The Balaban J connectivity index is 4.02. The molecule has 0 saturated carbocycles. The zero-order chi connectivity index (χ0) is 7.00. The Labute approximate surface area is 76.4 Å². The van der Waals surface area contributed by atoms with E-state index in [9.17, 15) is 13.2 Å². The van der Waals surface area contributed by atoms with Gasteiger partial charge in [-0.05, 0) is 22.6 Å². The Bertz CT molecular complexity index is 70.3. The molecule has 0 nitrogen and oxygen atoms in total. The second-order valence-corrected chi connectivity index (χ2v) is 5.00. The molecular weight excluding hydrogens is 370 g/mol. The first-order valence-electron chi connectivity index (χ1n) is 1.38. The SMILES string of the molecule is FC(F)(I)C(F)(Cl)I. The number of hydrogen-bond acceptors (Lipinski definition) is 0. The van der Waals surface area contributed by atoms with E-state index in [0.29, 0.717) is 22.6 Å². The van der Waals surface area contributed by atoms with Gasteiger partial charge in [-0.15, -0.1) is 0 Å². The fraction of sp³-hybridized carbons (Fsp3) is 1.00. The molecule has 0 rings (SSSR count). The van der Waals surface area contributed by atoms with Crippen molar-refractivity contribution in [2.75, 3.05) is 0 Å². The van der Waals surface area contributed by atoms with Gasteiger partial charge in [0, 0.05) is 22.6 Å². The van der Waals surface area contributed by atoms with Crippen LogP contribution < -0.4 is 0 Å². The molecule has 0 aliphatic rings. The van der Waals surface area contributed by atoms with Gasteiger partial charge in [-0.3, -0.25) is 0 Å². The minimum Gasteiger partial charge on any atom is -0.207 e. The van der Waals surface area contributed by atoms with Crippen LogP contribution in [0.25, 0.3) is 0 Å². The molecule has 0 aromatic heterocycles. The van der Waals surface area contributed by atoms with Crippen molar-refractivity contribution in [3.05, 3.63) is 0 Å². The van der Waals surface area contributed by atoms with Crippen molar-refractivity contribution in [1.29, 1.82) is 0 Å². The largest absolute Gasteiger partial charge is 0.352 e. The first kappa shape index (κ1) is 9.54. The molecule has 1 atom stereocenters. The molecule has 0 N–H and O–H groups in total. The Morgan fingerprint density at radius 3 is 1.25 bits per heavy atom. The summed E-state index contributed by atoms with van der Waals surface area (Å²) in [6.45, 7) is 0. The van der Waals surface area contributed by atoms with E-state index in [1.807, 2.05) is 0 Å². The van der Waals surface area contributed by atoms with Crippen LogP contribution in [0.3, 0.4) is 0 Å². The minimum atomic E-state index is -3.51. The molecule has 50 valence electrons. The Morgan fingerprint density at radius 1 is 1.12 bits per heavy atom. The maximum Gasteiger partial charge on any atom is 0.352 e. The van der Waals surface area contributed by atoms with Crippen molar-refractivity contribution in [1.82, 2.24) is 0 Å². The smallest absolute Gasteiger partial charge is 0.207 e. The zero-order valence-electron chi connectivity index (χ0n) is 3.27. The summed E-state index contributed by atoms with van der Waals surface area (Å²) in [7, 11) is 0. The fourth-order valence-corrected chi connectivity index (χ4v) is 0. The van der Waals surface area contributed by atoms with E-state index >= 15 is 0 Å². The Kier molecular flexibility index (Phi) is 3.16. The van der Waals surface area contributed by atoms with Crippen molar-refractivity contribution in [2.24, 2.45) is 0 Å². The van der Waals surface area contributed by atoms with E-state index in [1.165, 1.54) is 0 Å². The second-order valence-electron chi connectivity index (χ2n) is 0.996. The topological polar surface area (TPSA) is 0 Å². The molecule has 0 aliphatic heterocycles. The average molecular weight is 370 g/mol. The summed E-state index contributed by atoms with van der Waals surface area (Å²) < 4.78 is 28.8. The van der Waals surface area contributed by atoms with Crippen LogP contribution in [0.2, 0.25) is 0 Å². The normalized spacial score (nSPS) is 20.2. The van der Waals surface area contributed by atoms with E-state index < -0.39 is 7.06 Å². The first-order valence-corrected chi connectivity index (χ1v) is 3.92. The van der Waals surface area contributed by atoms with Gasteiger partial charge in [0.15, 0.2) is 0 Å². The molecule has 0 aromatic carbocycles. The lowest BCUT2D eigenvalue weighted by Crippen LogP contribution is -2.25. The van der Waals surface area contributed by atoms with E-state index in [1.54, 1.807) is 0 Å². The number of hydrogen-bond donors (Lipinski definition) is 0. The molecule has 0 fully saturated rings. The summed E-state index contributed by atoms with van der Waals surface area (Å²) >= 11 is 6.03. The summed E-state index contributed by atoms with van der Waals surface area (Å²) in [4.78, 5) is 0. The van der Waals surface area contributed by atoms with Gasteiger partial charge < -0.3 is 0 Å². The molecule has 0 aliphatic carbocycles.